The van der Waals surface area contributed by atoms with E-state index < -0.39 is 5.97 Å². The fourth-order valence-corrected chi connectivity index (χ4v) is 1.53. The number of hydrogen-bond donors (Lipinski definition) is 2. The van der Waals surface area contributed by atoms with Crippen molar-refractivity contribution in [1.29, 1.82) is 0 Å². The summed E-state index contributed by atoms with van der Waals surface area (Å²) in [6, 6.07) is 4.74. The summed E-state index contributed by atoms with van der Waals surface area (Å²) in [6.07, 6.45) is 0.915. The fourth-order valence-electron chi connectivity index (χ4n) is 1.53. The SMILES string of the molecule is CCOC(=O)CCC(C)Nc1cccc(C(=O)O)n1. The Morgan fingerprint density at radius 2 is 2.21 bits per heavy atom. The summed E-state index contributed by atoms with van der Waals surface area (Å²) in [4.78, 5) is 25.9. The molecule has 0 spiro atoms. The Bertz CT molecular complexity index is 448. The van der Waals surface area contributed by atoms with Gasteiger partial charge in [0.05, 0.1) is 6.61 Å². The van der Waals surface area contributed by atoms with Crippen LogP contribution >= 0.6 is 0 Å². The van der Waals surface area contributed by atoms with E-state index in [-0.39, 0.29) is 17.7 Å². The minimum absolute atomic E-state index is 0.000881. The predicted molar refractivity (Wildman–Crippen MR) is 70.1 cm³/mol. The summed E-state index contributed by atoms with van der Waals surface area (Å²) in [6.45, 7) is 4.04. The van der Waals surface area contributed by atoms with Gasteiger partial charge >= 0.3 is 11.9 Å². The smallest absolute Gasteiger partial charge is 0.354 e. The number of nitrogens with one attached hydrogen (secondary N) is 1. The van der Waals surface area contributed by atoms with Crippen LogP contribution in [0.3, 0.4) is 0 Å². The van der Waals surface area contributed by atoms with Crippen molar-refractivity contribution in [2.24, 2.45) is 0 Å². The van der Waals surface area contributed by atoms with Gasteiger partial charge in [0.25, 0.3) is 0 Å². The fraction of sp³-hybridized carbons (Fsp3) is 0.462. The Kier molecular flexibility index (Phi) is 5.78. The van der Waals surface area contributed by atoms with Crippen LogP contribution in [0.2, 0.25) is 0 Å². The summed E-state index contributed by atoms with van der Waals surface area (Å²) in [5, 5.41) is 11.9. The largest absolute Gasteiger partial charge is 0.477 e. The minimum atomic E-state index is -1.07. The number of pyridine rings is 1. The maximum absolute atomic E-state index is 11.2. The maximum atomic E-state index is 11.2. The molecule has 0 aliphatic carbocycles. The van der Waals surface area contributed by atoms with E-state index in [4.69, 9.17) is 9.84 Å². The molecule has 2 N–H and O–H groups in total. The van der Waals surface area contributed by atoms with Gasteiger partial charge in [0, 0.05) is 12.5 Å². The molecule has 0 aliphatic heterocycles. The second-order valence-corrected chi connectivity index (χ2v) is 4.10. The molecule has 0 radical (unpaired) electrons. The van der Waals surface area contributed by atoms with Crippen molar-refractivity contribution in [3.05, 3.63) is 23.9 Å². The van der Waals surface area contributed by atoms with Crippen molar-refractivity contribution in [2.45, 2.75) is 32.7 Å². The minimum Gasteiger partial charge on any atom is -0.477 e. The summed E-state index contributed by atoms with van der Waals surface area (Å²) >= 11 is 0. The first kappa shape index (κ1) is 14.9. The van der Waals surface area contributed by atoms with E-state index >= 15 is 0 Å². The number of hydrogen-bond acceptors (Lipinski definition) is 5. The predicted octanol–water partition coefficient (Wildman–Crippen LogP) is 1.92. The normalized spacial score (nSPS) is 11.7. The van der Waals surface area contributed by atoms with Gasteiger partial charge in [0.15, 0.2) is 5.69 Å². The third kappa shape index (κ3) is 5.37. The van der Waals surface area contributed by atoms with E-state index in [2.05, 4.69) is 10.3 Å². The van der Waals surface area contributed by atoms with Gasteiger partial charge in [-0.15, -0.1) is 0 Å². The van der Waals surface area contributed by atoms with E-state index in [0.717, 1.165) is 0 Å². The zero-order chi connectivity index (χ0) is 14.3. The molecular formula is C13H18N2O4. The van der Waals surface area contributed by atoms with E-state index in [1.165, 1.54) is 6.07 Å². The van der Waals surface area contributed by atoms with Crippen LogP contribution in [0.15, 0.2) is 18.2 Å². The summed E-state index contributed by atoms with van der Waals surface area (Å²) in [7, 11) is 0. The van der Waals surface area contributed by atoms with Gasteiger partial charge in [-0.25, -0.2) is 9.78 Å². The molecule has 6 nitrogen and oxygen atoms in total. The van der Waals surface area contributed by atoms with Gasteiger partial charge in [0.1, 0.15) is 5.82 Å². The number of carboxylic acids is 1. The number of esters is 1. The first-order valence-corrected chi connectivity index (χ1v) is 6.15. The Labute approximate surface area is 111 Å². The monoisotopic (exact) mass is 266 g/mol. The molecule has 0 aromatic carbocycles. The molecule has 19 heavy (non-hydrogen) atoms. The molecule has 0 amide bonds. The number of rotatable bonds is 7. The molecule has 1 aromatic heterocycles. The summed E-state index contributed by atoms with van der Waals surface area (Å²) < 4.78 is 4.83. The van der Waals surface area contributed by atoms with Crippen LogP contribution < -0.4 is 5.32 Å². The Balaban J connectivity index is 2.48. The average Bonchev–Trinajstić information content (AvgIpc) is 2.37. The van der Waals surface area contributed by atoms with Crippen LogP contribution in [0, 0.1) is 0 Å². The molecule has 0 saturated heterocycles. The molecular weight excluding hydrogens is 248 g/mol. The van der Waals surface area contributed by atoms with E-state index in [1.807, 2.05) is 6.92 Å². The van der Waals surface area contributed by atoms with E-state index in [9.17, 15) is 9.59 Å². The molecule has 1 rings (SSSR count). The molecule has 104 valence electrons. The number of aromatic nitrogens is 1. The second-order valence-electron chi connectivity index (χ2n) is 4.10. The van der Waals surface area contributed by atoms with Crippen LogP contribution in [-0.2, 0) is 9.53 Å². The van der Waals surface area contributed by atoms with Crippen molar-refractivity contribution in [1.82, 2.24) is 4.98 Å². The first-order valence-electron chi connectivity index (χ1n) is 6.15. The van der Waals surface area contributed by atoms with Crippen LogP contribution in [0.1, 0.15) is 37.2 Å². The molecule has 1 aromatic rings. The lowest BCUT2D eigenvalue weighted by atomic mass is 10.2. The third-order valence-electron chi connectivity index (χ3n) is 2.45. The Morgan fingerprint density at radius 1 is 1.47 bits per heavy atom. The van der Waals surface area contributed by atoms with Gasteiger partial charge in [-0.3, -0.25) is 4.79 Å². The van der Waals surface area contributed by atoms with Crippen molar-refractivity contribution in [3.63, 3.8) is 0 Å². The van der Waals surface area contributed by atoms with Crippen molar-refractivity contribution in [3.8, 4) is 0 Å². The molecule has 0 saturated carbocycles. The quantitative estimate of drug-likeness (QED) is 0.733. The topological polar surface area (TPSA) is 88.5 Å². The van der Waals surface area contributed by atoms with Crippen LogP contribution in [-0.4, -0.2) is 34.7 Å². The Morgan fingerprint density at radius 3 is 2.84 bits per heavy atom. The summed E-state index contributed by atoms with van der Waals surface area (Å²) in [5.41, 5.74) is -0.0115. The molecule has 0 bridgehead atoms. The van der Waals surface area contributed by atoms with Crippen LogP contribution in [0.4, 0.5) is 5.82 Å². The summed E-state index contributed by atoms with van der Waals surface area (Å²) in [5.74, 6) is -0.817. The number of nitrogens with zero attached hydrogens (tertiary/aromatic N) is 1. The lowest BCUT2D eigenvalue weighted by molar-refractivity contribution is -0.143. The van der Waals surface area contributed by atoms with Crippen LogP contribution in [0.5, 0.6) is 0 Å². The van der Waals surface area contributed by atoms with E-state index in [1.54, 1.807) is 19.1 Å². The average molecular weight is 266 g/mol. The number of carboxylic acid groups (broad SMARTS) is 1. The number of aromatic carboxylic acids is 1. The highest BCUT2D eigenvalue weighted by atomic mass is 16.5. The molecule has 1 heterocycles. The first-order chi connectivity index (χ1) is 9.02. The Hall–Kier alpha value is -2.11. The number of carbonyl (C=O) groups excluding carboxylic acids is 1. The molecule has 1 atom stereocenters. The number of carbonyl (C=O) groups is 2. The maximum Gasteiger partial charge on any atom is 0.354 e. The molecule has 1 unspecified atom stereocenters. The standard InChI is InChI=1S/C13H18N2O4/c1-3-19-12(16)8-7-9(2)14-11-6-4-5-10(15-11)13(17)18/h4-6,9H,3,7-8H2,1-2H3,(H,14,15)(H,17,18). The zero-order valence-electron chi connectivity index (χ0n) is 11.0. The third-order valence-corrected chi connectivity index (χ3v) is 2.45. The van der Waals surface area contributed by atoms with Crippen molar-refractivity contribution < 1.29 is 19.4 Å². The molecule has 6 heteroatoms. The molecule has 0 fully saturated rings. The lowest BCUT2D eigenvalue weighted by Gasteiger charge is -2.14. The van der Waals surface area contributed by atoms with Gasteiger partial charge in [0.2, 0.25) is 0 Å². The second kappa shape index (κ2) is 7.35. The van der Waals surface area contributed by atoms with Gasteiger partial charge in [-0.1, -0.05) is 6.07 Å². The number of anilines is 1. The highest BCUT2D eigenvalue weighted by molar-refractivity contribution is 5.85. The van der Waals surface area contributed by atoms with Crippen molar-refractivity contribution >= 4 is 17.8 Å². The highest BCUT2D eigenvalue weighted by Gasteiger charge is 2.09. The molecule has 0 aliphatic rings. The lowest BCUT2D eigenvalue weighted by Crippen LogP contribution is -2.18. The highest BCUT2D eigenvalue weighted by Crippen LogP contribution is 2.09. The van der Waals surface area contributed by atoms with Gasteiger partial charge in [-0.05, 0) is 32.4 Å². The zero-order valence-corrected chi connectivity index (χ0v) is 11.0. The van der Waals surface area contributed by atoms with E-state index in [0.29, 0.717) is 25.3 Å². The number of ether oxygens (including phenoxy) is 1. The van der Waals surface area contributed by atoms with Gasteiger partial charge < -0.3 is 15.2 Å². The van der Waals surface area contributed by atoms with Gasteiger partial charge in [-0.2, -0.15) is 0 Å². The van der Waals surface area contributed by atoms with Crippen LogP contribution in [0.25, 0.3) is 0 Å². The van der Waals surface area contributed by atoms with Crippen molar-refractivity contribution in [2.75, 3.05) is 11.9 Å².